The van der Waals surface area contributed by atoms with E-state index in [-0.39, 0.29) is 17.6 Å². The molecule has 1 N–H and O–H groups in total. The van der Waals surface area contributed by atoms with Gasteiger partial charge in [0.05, 0.1) is 4.92 Å². The minimum atomic E-state index is -0.467. The normalized spacial score (nSPS) is 15.9. The maximum absolute atomic E-state index is 13.5. The van der Waals surface area contributed by atoms with Crippen LogP contribution in [0.5, 0.6) is 0 Å². The van der Waals surface area contributed by atoms with Crippen LogP contribution in [0.4, 0.5) is 11.5 Å². The fourth-order valence-electron chi connectivity index (χ4n) is 4.07. The molecule has 1 aromatic heterocycles. The first-order valence-electron chi connectivity index (χ1n) is 10.8. The number of nitrogens with zero attached hydrogens (tertiary/aromatic N) is 3. The van der Waals surface area contributed by atoms with Crippen molar-refractivity contribution in [1.29, 1.82) is 0 Å². The van der Waals surface area contributed by atoms with E-state index in [4.69, 9.17) is 0 Å². The van der Waals surface area contributed by atoms with Crippen LogP contribution in [0.25, 0.3) is 11.1 Å². The summed E-state index contributed by atoms with van der Waals surface area (Å²) < 4.78 is 0. The number of hydrogen-bond donors (Lipinski definition) is 1. The third-order valence-corrected chi connectivity index (χ3v) is 5.99. The molecule has 2 aromatic carbocycles. The SMILES string of the molecule is Cc1ccc(-c2ccccc2C(=O)N2CCC[C@@H](Nc3ccc([N+](=O)[O-])cn3)C2)cc1C. The van der Waals surface area contributed by atoms with Gasteiger partial charge >= 0.3 is 0 Å². The lowest BCUT2D eigenvalue weighted by Gasteiger charge is -2.34. The van der Waals surface area contributed by atoms with Crippen molar-refractivity contribution in [3.63, 3.8) is 0 Å². The van der Waals surface area contributed by atoms with Crippen molar-refractivity contribution >= 4 is 17.4 Å². The van der Waals surface area contributed by atoms with E-state index in [1.165, 1.54) is 23.4 Å². The van der Waals surface area contributed by atoms with E-state index in [0.717, 1.165) is 24.0 Å². The Kier molecular flexibility index (Phi) is 6.16. The molecule has 1 aliphatic heterocycles. The Morgan fingerprint density at radius 2 is 1.94 bits per heavy atom. The van der Waals surface area contributed by atoms with Gasteiger partial charge in [0.15, 0.2) is 0 Å². The second-order valence-corrected chi connectivity index (χ2v) is 8.24. The highest BCUT2D eigenvalue weighted by molar-refractivity contribution is 6.01. The molecule has 0 aliphatic carbocycles. The number of pyridine rings is 1. The first-order valence-corrected chi connectivity index (χ1v) is 10.8. The highest BCUT2D eigenvalue weighted by Gasteiger charge is 2.26. The number of carbonyl (C=O) groups excluding carboxylic acids is 1. The molecule has 0 unspecified atom stereocenters. The quantitative estimate of drug-likeness (QED) is 0.455. The number of rotatable bonds is 5. The minimum absolute atomic E-state index is 0.0157. The number of nitrogens with one attached hydrogen (secondary N) is 1. The summed E-state index contributed by atoms with van der Waals surface area (Å²) in [6, 6.07) is 17.1. The average Bonchev–Trinajstić information content (AvgIpc) is 2.81. The van der Waals surface area contributed by atoms with Crippen LogP contribution in [-0.2, 0) is 0 Å². The Morgan fingerprint density at radius 3 is 2.66 bits per heavy atom. The number of aromatic nitrogens is 1. The second-order valence-electron chi connectivity index (χ2n) is 8.24. The maximum atomic E-state index is 13.5. The molecular formula is C25H26N4O3. The van der Waals surface area contributed by atoms with E-state index in [1.54, 1.807) is 6.07 Å². The first kappa shape index (κ1) is 21.5. The molecule has 0 saturated carbocycles. The molecular weight excluding hydrogens is 404 g/mol. The lowest BCUT2D eigenvalue weighted by atomic mass is 9.95. The number of likely N-dealkylation sites (tertiary alicyclic amines) is 1. The number of carbonyl (C=O) groups is 1. The maximum Gasteiger partial charge on any atom is 0.287 e. The third kappa shape index (κ3) is 4.61. The van der Waals surface area contributed by atoms with Crippen LogP contribution in [0.1, 0.15) is 34.3 Å². The van der Waals surface area contributed by atoms with Crippen LogP contribution in [0.2, 0.25) is 0 Å². The molecule has 1 atom stereocenters. The van der Waals surface area contributed by atoms with Gasteiger partial charge in [-0.15, -0.1) is 0 Å². The van der Waals surface area contributed by atoms with Crippen molar-refractivity contribution < 1.29 is 9.72 Å². The standard InChI is InChI=1S/C25H26N4O3/c1-17-9-10-19(14-18(17)2)22-7-3-4-8-23(22)25(30)28-13-5-6-20(16-28)27-24-12-11-21(15-26-24)29(31)32/h3-4,7-12,14-15,20H,5-6,13,16H2,1-2H3,(H,26,27)/t20-/m1/s1. The number of aryl methyl sites for hydroxylation is 2. The lowest BCUT2D eigenvalue weighted by molar-refractivity contribution is -0.385. The van der Waals surface area contributed by atoms with Crippen LogP contribution in [0.3, 0.4) is 0 Å². The van der Waals surface area contributed by atoms with Crippen LogP contribution in [-0.4, -0.2) is 39.8 Å². The molecule has 1 amide bonds. The highest BCUT2D eigenvalue weighted by Crippen LogP contribution is 2.28. The molecule has 32 heavy (non-hydrogen) atoms. The molecule has 0 spiro atoms. The molecule has 0 radical (unpaired) electrons. The number of piperidine rings is 1. The first-order chi connectivity index (χ1) is 15.4. The molecule has 7 nitrogen and oxygen atoms in total. The summed E-state index contributed by atoms with van der Waals surface area (Å²) in [5.41, 5.74) is 5.06. The monoisotopic (exact) mass is 430 g/mol. The van der Waals surface area contributed by atoms with Gasteiger partial charge in [0, 0.05) is 30.8 Å². The predicted molar refractivity (Wildman–Crippen MR) is 125 cm³/mol. The van der Waals surface area contributed by atoms with Gasteiger partial charge in [-0.05, 0) is 61.1 Å². The topological polar surface area (TPSA) is 88.4 Å². The largest absolute Gasteiger partial charge is 0.366 e. The van der Waals surface area contributed by atoms with Crippen molar-refractivity contribution in [3.8, 4) is 11.1 Å². The van der Waals surface area contributed by atoms with Crippen LogP contribution in [0, 0.1) is 24.0 Å². The van der Waals surface area contributed by atoms with Gasteiger partial charge in [0.2, 0.25) is 0 Å². The second kappa shape index (κ2) is 9.18. The van der Waals surface area contributed by atoms with E-state index in [9.17, 15) is 14.9 Å². The van der Waals surface area contributed by atoms with E-state index < -0.39 is 4.92 Å². The summed E-state index contributed by atoms with van der Waals surface area (Å²) in [6.45, 7) is 5.41. The van der Waals surface area contributed by atoms with Gasteiger partial charge in [0.1, 0.15) is 12.0 Å². The van der Waals surface area contributed by atoms with E-state index >= 15 is 0 Å². The van der Waals surface area contributed by atoms with Crippen molar-refractivity contribution in [1.82, 2.24) is 9.88 Å². The van der Waals surface area contributed by atoms with Crippen LogP contribution < -0.4 is 5.32 Å². The van der Waals surface area contributed by atoms with Gasteiger partial charge in [0.25, 0.3) is 11.6 Å². The van der Waals surface area contributed by atoms with Gasteiger partial charge in [-0.1, -0.05) is 36.4 Å². The van der Waals surface area contributed by atoms with E-state index in [0.29, 0.717) is 24.5 Å². The van der Waals surface area contributed by atoms with Crippen molar-refractivity contribution in [2.75, 3.05) is 18.4 Å². The molecule has 2 heterocycles. The average molecular weight is 431 g/mol. The van der Waals surface area contributed by atoms with Crippen LogP contribution >= 0.6 is 0 Å². The molecule has 0 bridgehead atoms. The predicted octanol–water partition coefficient (Wildman–Crippen LogP) is 4.99. The number of amides is 1. The van der Waals surface area contributed by atoms with Gasteiger partial charge in [-0.3, -0.25) is 14.9 Å². The molecule has 1 fully saturated rings. The Bertz CT molecular complexity index is 1140. The summed E-state index contributed by atoms with van der Waals surface area (Å²) in [4.78, 5) is 29.8. The lowest BCUT2D eigenvalue weighted by Crippen LogP contribution is -2.45. The third-order valence-electron chi connectivity index (χ3n) is 5.99. The number of benzene rings is 2. The summed E-state index contributed by atoms with van der Waals surface area (Å²) >= 11 is 0. The molecule has 7 heteroatoms. The van der Waals surface area contributed by atoms with E-state index in [2.05, 4.69) is 42.3 Å². The van der Waals surface area contributed by atoms with Gasteiger partial charge in [-0.25, -0.2) is 4.98 Å². The fourth-order valence-corrected chi connectivity index (χ4v) is 4.07. The minimum Gasteiger partial charge on any atom is -0.366 e. The summed E-state index contributed by atoms with van der Waals surface area (Å²) in [5.74, 6) is 0.590. The van der Waals surface area contributed by atoms with Crippen LogP contribution in [0.15, 0.2) is 60.8 Å². The highest BCUT2D eigenvalue weighted by atomic mass is 16.6. The molecule has 4 rings (SSSR count). The molecule has 1 saturated heterocycles. The van der Waals surface area contributed by atoms with Gasteiger partial charge < -0.3 is 10.2 Å². The smallest absolute Gasteiger partial charge is 0.287 e. The molecule has 164 valence electrons. The summed E-state index contributed by atoms with van der Waals surface area (Å²) in [5, 5.41) is 14.1. The Morgan fingerprint density at radius 1 is 1.12 bits per heavy atom. The summed E-state index contributed by atoms with van der Waals surface area (Å²) in [7, 11) is 0. The Labute approximate surface area is 187 Å². The fraction of sp³-hybridized carbons (Fsp3) is 0.280. The summed E-state index contributed by atoms with van der Waals surface area (Å²) in [6.07, 6.45) is 3.03. The van der Waals surface area contributed by atoms with Crippen molar-refractivity contribution in [2.24, 2.45) is 0 Å². The van der Waals surface area contributed by atoms with Crippen molar-refractivity contribution in [3.05, 3.63) is 87.6 Å². The Hall–Kier alpha value is -3.74. The Balaban J connectivity index is 1.51. The zero-order chi connectivity index (χ0) is 22.7. The number of nitro groups is 1. The van der Waals surface area contributed by atoms with E-state index in [1.807, 2.05) is 29.2 Å². The zero-order valence-electron chi connectivity index (χ0n) is 18.2. The molecule has 3 aromatic rings. The zero-order valence-corrected chi connectivity index (χ0v) is 18.2. The molecule has 1 aliphatic rings. The number of anilines is 1. The van der Waals surface area contributed by atoms with Crippen molar-refractivity contribution in [2.45, 2.75) is 32.7 Å². The van der Waals surface area contributed by atoms with Gasteiger partial charge in [-0.2, -0.15) is 0 Å². The number of hydrogen-bond acceptors (Lipinski definition) is 5.